The van der Waals surface area contributed by atoms with E-state index < -0.39 is 5.54 Å². The van der Waals surface area contributed by atoms with Crippen LogP contribution in [-0.4, -0.2) is 30.5 Å². The fourth-order valence-corrected chi connectivity index (χ4v) is 2.66. The van der Waals surface area contributed by atoms with Crippen molar-refractivity contribution in [2.24, 2.45) is 17.1 Å². The van der Waals surface area contributed by atoms with Gasteiger partial charge in [0.1, 0.15) is 0 Å². The summed E-state index contributed by atoms with van der Waals surface area (Å²) in [6, 6.07) is 0. The molecule has 0 aromatic carbocycles. The van der Waals surface area contributed by atoms with Crippen LogP contribution in [0.3, 0.4) is 0 Å². The van der Waals surface area contributed by atoms with E-state index in [0.29, 0.717) is 5.92 Å². The average molecular weight is 215 g/mol. The molecule has 0 aromatic heterocycles. The predicted octanol–water partition coefficient (Wildman–Crippen LogP) is 1.54. The van der Waals surface area contributed by atoms with Crippen molar-refractivity contribution in [1.29, 1.82) is 0 Å². The molecule has 1 aliphatic carbocycles. The van der Waals surface area contributed by atoms with E-state index in [9.17, 15) is 5.11 Å². The lowest BCUT2D eigenvalue weighted by Crippen LogP contribution is -2.53. The summed E-state index contributed by atoms with van der Waals surface area (Å²) in [4.78, 5) is 0. The minimum absolute atomic E-state index is 0.0592. The largest absolute Gasteiger partial charge is 0.394 e. The van der Waals surface area contributed by atoms with E-state index in [0.717, 1.165) is 19.3 Å². The van der Waals surface area contributed by atoms with E-state index in [1.807, 2.05) is 0 Å². The third kappa shape index (κ3) is 2.92. The highest BCUT2D eigenvalue weighted by Gasteiger charge is 2.42. The molecule has 3 atom stereocenters. The van der Waals surface area contributed by atoms with Gasteiger partial charge >= 0.3 is 0 Å². The van der Waals surface area contributed by atoms with E-state index in [4.69, 9.17) is 10.5 Å². The van der Waals surface area contributed by atoms with Crippen LogP contribution in [0.1, 0.15) is 40.0 Å². The maximum Gasteiger partial charge on any atom is 0.0622 e. The number of ether oxygens (including phenoxy) is 1. The van der Waals surface area contributed by atoms with E-state index in [1.165, 1.54) is 0 Å². The van der Waals surface area contributed by atoms with Crippen molar-refractivity contribution in [2.75, 3.05) is 13.7 Å². The van der Waals surface area contributed by atoms with Crippen molar-refractivity contribution in [3.63, 3.8) is 0 Å². The molecule has 0 heterocycles. The molecule has 0 spiro atoms. The number of aliphatic hydroxyl groups is 1. The first-order chi connectivity index (χ1) is 6.82. The zero-order valence-corrected chi connectivity index (χ0v) is 10.4. The molecule has 15 heavy (non-hydrogen) atoms. The third-order valence-corrected chi connectivity index (χ3v) is 3.74. The highest BCUT2D eigenvalue weighted by Crippen LogP contribution is 2.41. The summed E-state index contributed by atoms with van der Waals surface area (Å²) in [6.07, 6.45) is 2.88. The van der Waals surface area contributed by atoms with Crippen LogP contribution in [0.4, 0.5) is 0 Å². The number of aliphatic hydroxyl groups excluding tert-OH is 1. The van der Waals surface area contributed by atoms with Gasteiger partial charge < -0.3 is 15.6 Å². The van der Waals surface area contributed by atoms with Crippen LogP contribution in [0.25, 0.3) is 0 Å². The molecule has 3 N–H and O–H groups in total. The van der Waals surface area contributed by atoms with E-state index in [-0.39, 0.29) is 18.1 Å². The molecule has 1 aliphatic rings. The Balaban J connectivity index is 2.73. The third-order valence-electron chi connectivity index (χ3n) is 3.74. The predicted molar refractivity (Wildman–Crippen MR) is 61.6 cm³/mol. The van der Waals surface area contributed by atoms with Gasteiger partial charge in [-0.3, -0.25) is 0 Å². The number of nitrogens with two attached hydrogens (primary N) is 1. The second-order valence-electron chi connectivity index (χ2n) is 6.01. The zero-order chi connectivity index (χ0) is 11.7. The van der Waals surface area contributed by atoms with Crippen molar-refractivity contribution in [3.8, 4) is 0 Å². The molecule has 1 fully saturated rings. The second kappa shape index (κ2) is 4.40. The van der Waals surface area contributed by atoms with Gasteiger partial charge in [-0.05, 0) is 30.6 Å². The van der Waals surface area contributed by atoms with Gasteiger partial charge in [0, 0.05) is 12.6 Å². The van der Waals surface area contributed by atoms with Gasteiger partial charge in [0.15, 0.2) is 0 Å². The Hall–Kier alpha value is -0.120. The first-order valence-electron chi connectivity index (χ1n) is 5.75. The van der Waals surface area contributed by atoms with Crippen LogP contribution in [-0.2, 0) is 4.74 Å². The Morgan fingerprint density at radius 2 is 2.07 bits per heavy atom. The molecule has 0 radical (unpaired) electrons. The van der Waals surface area contributed by atoms with Gasteiger partial charge in [-0.2, -0.15) is 0 Å². The van der Waals surface area contributed by atoms with Crippen molar-refractivity contribution in [2.45, 2.75) is 51.7 Å². The zero-order valence-electron chi connectivity index (χ0n) is 10.4. The first kappa shape index (κ1) is 12.9. The molecular formula is C12H25NO2. The average Bonchev–Trinajstić information content (AvgIpc) is 2.16. The van der Waals surface area contributed by atoms with Gasteiger partial charge in [-0.25, -0.2) is 0 Å². The minimum Gasteiger partial charge on any atom is -0.394 e. The Morgan fingerprint density at radius 3 is 2.47 bits per heavy atom. The van der Waals surface area contributed by atoms with Crippen LogP contribution < -0.4 is 5.73 Å². The van der Waals surface area contributed by atoms with Gasteiger partial charge in [0.05, 0.1) is 12.7 Å². The number of methoxy groups -OCH3 is 1. The molecule has 3 heteroatoms. The van der Waals surface area contributed by atoms with Crippen LogP contribution in [0, 0.1) is 11.3 Å². The Labute approximate surface area is 93.0 Å². The molecule has 3 unspecified atom stereocenters. The molecule has 0 aromatic rings. The molecule has 0 amide bonds. The van der Waals surface area contributed by atoms with E-state index in [1.54, 1.807) is 7.11 Å². The van der Waals surface area contributed by atoms with Gasteiger partial charge in [0.25, 0.3) is 0 Å². The first-order valence-corrected chi connectivity index (χ1v) is 5.75. The van der Waals surface area contributed by atoms with Crippen molar-refractivity contribution in [1.82, 2.24) is 0 Å². The molecular weight excluding hydrogens is 190 g/mol. The van der Waals surface area contributed by atoms with Crippen LogP contribution >= 0.6 is 0 Å². The molecule has 0 bridgehead atoms. The molecule has 0 aliphatic heterocycles. The van der Waals surface area contributed by atoms with Gasteiger partial charge in [-0.1, -0.05) is 20.8 Å². The summed E-state index contributed by atoms with van der Waals surface area (Å²) in [7, 11) is 1.74. The molecule has 90 valence electrons. The monoisotopic (exact) mass is 215 g/mol. The van der Waals surface area contributed by atoms with Crippen LogP contribution in [0.5, 0.6) is 0 Å². The fourth-order valence-electron chi connectivity index (χ4n) is 2.66. The maximum atomic E-state index is 9.27. The normalized spacial score (nSPS) is 38.0. The maximum absolute atomic E-state index is 9.27. The summed E-state index contributed by atoms with van der Waals surface area (Å²) in [5, 5.41) is 9.27. The van der Waals surface area contributed by atoms with Crippen LogP contribution in [0.15, 0.2) is 0 Å². The highest BCUT2D eigenvalue weighted by molar-refractivity contribution is 4.97. The summed E-state index contributed by atoms with van der Waals surface area (Å²) < 4.78 is 5.54. The van der Waals surface area contributed by atoms with Crippen LogP contribution in [0.2, 0.25) is 0 Å². The van der Waals surface area contributed by atoms with Crippen molar-refractivity contribution < 1.29 is 9.84 Å². The number of hydrogen-bond donors (Lipinski definition) is 2. The highest BCUT2D eigenvalue weighted by atomic mass is 16.5. The molecule has 0 saturated heterocycles. The van der Waals surface area contributed by atoms with E-state index >= 15 is 0 Å². The number of rotatable bonds is 2. The Bertz CT molecular complexity index is 212. The second-order valence-corrected chi connectivity index (χ2v) is 6.01. The summed E-state index contributed by atoms with van der Waals surface area (Å²) in [6.45, 7) is 6.79. The standard InChI is InChI=1S/C12H25NO2/c1-11(2,3)9-5-6-12(13,8-14)7-10(9)15-4/h9-10,14H,5-8,13H2,1-4H3. The summed E-state index contributed by atoms with van der Waals surface area (Å²) in [5.74, 6) is 0.533. The van der Waals surface area contributed by atoms with Crippen molar-refractivity contribution in [3.05, 3.63) is 0 Å². The smallest absolute Gasteiger partial charge is 0.0622 e. The Morgan fingerprint density at radius 1 is 1.47 bits per heavy atom. The summed E-state index contributed by atoms with van der Waals surface area (Å²) in [5.41, 5.74) is 5.92. The lowest BCUT2D eigenvalue weighted by atomic mass is 9.66. The van der Waals surface area contributed by atoms with Gasteiger partial charge in [0.2, 0.25) is 0 Å². The quantitative estimate of drug-likeness (QED) is 0.734. The Kier molecular flexibility index (Phi) is 3.80. The molecule has 3 nitrogen and oxygen atoms in total. The molecule has 1 saturated carbocycles. The van der Waals surface area contributed by atoms with Gasteiger partial charge in [-0.15, -0.1) is 0 Å². The SMILES string of the molecule is COC1CC(N)(CO)CCC1C(C)(C)C. The van der Waals surface area contributed by atoms with E-state index in [2.05, 4.69) is 20.8 Å². The minimum atomic E-state index is -0.428. The van der Waals surface area contributed by atoms with Crippen molar-refractivity contribution >= 4 is 0 Å². The topological polar surface area (TPSA) is 55.5 Å². The lowest BCUT2D eigenvalue weighted by molar-refractivity contribution is -0.0528. The fraction of sp³-hybridized carbons (Fsp3) is 1.00. The number of hydrogen-bond acceptors (Lipinski definition) is 3. The summed E-state index contributed by atoms with van der Waals surface area (Å²) >= 11 is 0. The molecule has 1 rings (SSSR count). The lowest BCUT2D eigenvalue weighted by Gasteiger charge is -2.46.